The van der Waals surface area contributed by atoms with Crippen molar-refractivity contribution in [1.29, 1.82) is 0 Å². The van der Waals surface area contributed by atoms with Crippen LogP contribution in [0.4, 0.5) is 5.69 Å². The number of anilines is 1. The maximum atomic E-state index is 13.4. The third-order valence-corrected chi connectivity index (χ3v) is 5.08. The van der Waals surface area contributed by atoms with Gasteiger partial charge in [-0.15, -0.1) is 0 Å². The smallest absolute Gasteiger partial charge is 0.259 e. The molecule has 0 N–H and O–H groups in total. The Hall–Kier alpha value is -2.40. The molecule has 25 heavy (non-hydrogen) atoms. The van der Waals surface area contributed by atoms with Gasteiger partial charge in [0, 0.05) is 17.3 Å². The molecule has 6 heteroatoms. The van der Waals surface area contributed by atoms with E-state index in [0.29, 0.717) is 28.9 Å². The molecule has 1 aliphatic heterocycles. The van der Waals surface area contributed by atoms with Gasteiger partial charge in [0.2, 0.25) is 0 Å². The molecule has 0 bridgehead atoms. The number of nitrogens with zero attached hydrogens (tertiary/aromatic N) is 3. The highest BCUT2D eigenvalue weighted by Crippen LogP contribution is 2.37. The number of rotatable bonds is 1. The summed E-state index contributed by atoms with van der Waals surface area (Å²) in [6.45, 7) is 6.35. The molecule has 3 heterocycles. The van der Waals surface area contributed by atoms with Gasteiger partial charge in [-0.1, -0.05) is 22.8 Å². The molecule has 0 fully saturated rings. The van der Waals surface area contributed by atoms with Crippen molar-refractivity contribution in [2.24, 2.45) is 0 Å². The Kier molecular flexibility index (Phi) is 3.76. The van der Waals surface area contributed by atoms with Gasteiger partial charge < -0.3 is 9.42 Å². The molecule has 1 aliphatic rings. The summed E-state index contributed by atoms with van der Waals surface area (Å²) in [7, 11) is 0. The molecule has 0 radical (unpaired) electrons. The van der Waals surface area contributed by atoms with Crippen molar-refractivity contribution in [2.75, 3.05) is 11.4 Å². The standard InChI is InChI=1S/C19H18ClN3O2/c1-10-6-7-15(20)13-5-4-8-23(17(10)13)19(24)14-9-11(2)21-18-16(14)12(3)22-25-18/h6-7,9H,4-5,8H2,1-3H3. The summed E-state index contributed by atoms with van der Waals surface area (Å²) in [6.07, 6.45) is 1.77. The highest BCUT2D eigenvalue weighted by molar-refractivity contribution is 6.32. The SMILES string of the molecule is Cc1cc(C(=O)N2CCCc3c(Cl)ccc(C)c32)c2c(C)noc2n1. The van der Waals surface area contributed by atoms with E-state index < -0.39 is 0 Å². The normalized spacial score (nSPS) is 14.0. The molecule has 3 aromatic rings. The fourth-order valence-corrected chi connectivity index (χ4v) is 3.85. The molecule has 0 aliphatic carbocycles. The second-order valence-corrected chi connectivity index (χ2v) is 6.92. The van der Waals surface area contributed by atoms with E-state index in [2.05, 4.69) is 10.1 Å². The maximum Gasteiger partial charge on any atom is 0.259 e. The lowest BCUT2D eigenvalue weighted by Crippen LogP contribution is -2.36. The van der Waals surface area contributed by atoms with Crippen LogP contribution in [0.15, 0.2) is 22.7 Å². The highest BCUT2D eigenvalue weighted by Gasteiger charge is 2.29. The monoisotopic (exact) mass is 355 g/mol. The van der Waals surface area contributed by atoms with Crippen molar-refractivity contribution in [3.05, 3.63) is 51.3 Å². The first-order valence-corrected chi connectivity index (χ1v) is 8.68. The first kappa shape index (κ1) is 16.1. The zero-order chi connectivity index (χ0) is 17.7. The molecule has 0 saturated carbocycles. The van der Waals surface area contributed by atoms with E-state index in [1.54, 1.807) is 0 Å². The van der Waals surface area contributed by atoms with Crippen molar-refractivity contribution >= 4 is 34.3 Å². The van der Waals surface area contributed by atoms with Crippen molar-refractivity contribution in [1.82, 2.24) is 10.1 Å². The maximum absolute atomic E-state index is 13.4. The molecule has 5 nitrogen and oxygen atoms in total. The largest absolute Gasteiger partial charge is 0.336 e. The number of pyridine rings is 1. The number of amides is 1. The summed E-state index contributed by atoms with van der Waals surface area (Å²) in [6, 6.07) is 5.68. The topological polar surface area (TPSA) is 59.2 Å². The number of halogens is 1. The molecule has 4 rings (SSSR count). The van der Waals surface area contributed by atoms with E-state index in [1.807, 2.05) is 43.9 Å². The first-order valence-electron chi connectivity index (χ1n) is 8.31. The molecule has 0 atom stereocenters. The lowest BCUT2D eigenvalue weighted by atomic mass is 9.97. The molecule has 0 saturated heterocycles. The average molecular weight is 356 g/mol. The Morgan fingerprint density at radius 1 is 1.28 bits per heavy atom. The van der Waals surface area contributed by atoms with Gasteiger partial charge in [0.05, 0.1) is 22.3 Å². The van der Waals surface area contributed by atoms with Gasteiger partial charge in [-0.25, -0.2) is 4.98 Å². The fraction of sp³-hybridized carbons (Fsp3) is 0.316. The summed E-state index contributed by atoms with van der Waals surface area (Å²) in [5.74, 6) is -0.0619. The van der Waals surface area contributed by atoms with E-state index in [-0.39, 0.29) is 5.91 Å². The summed E-state index contributed by atoms with van der Waals surface area (Å²) >= 11 is 6.39. The van der Waals surface area contributed by atoms with Crippen LogP contribution < -0.4 is 4.90 Å². The van der Waals surface area contributed by atoms with E-state index in [1.165, 1.54) is 0 Å². The number of carbonyl (C=O) groups excluding carboxylic acids is 1. The van der Waals surface area contributed by atoms with Crippen LogP contribution in [-0.4, -0.2) is 22.6 Å². The Morgan fingerprint density at radius 2 is 2.08 bits per heavy atom. The van der Waals surface area contributed by atoms with Crippen LogP contribution >= 0.6 is 11.6 Å². The van der Waals surface area contributed by atoms with Gasteiger partial charge >= 0.3 is 0 Å². The minimum absolute atomic E-state index is 0.0619. The van der Waals surface area contributed by atoms with Gasteiger partial charge in [-0.2, -0.15) is 0 Å². The van der Waals surface area contributed by atoms with Crippen LogP contribution in [0, 0.1) is 20.8 Å². The van der Waals surface area contributed by atoms with Crippen molar-refractivity contribution in [2.45, 2.75) is 33.6 Å². The minimum atomic E-state index is -0.0619. The van der Waals surface area contributed by atoms with Crippen LogP contribution in [0.5, 0.6) is 0 Å². The third kappa shape index (κ3) is 2.50. The molecular weight excluding hydrogens is 338 g/mol. The summed E-state index contributed by atoms with van der Waals surface area (Å²) < 4.78 is 5.27. The van der Waals surface area contributed by atoms with Crippen LogP contribution in [0.2, 0.25) is 5.02 Å². The lowest BCUT2D eigenvalue weighted by molar-refractivity contribution is 0.0986. The average Bonchev–Trinajstić information content (AvgIpc) is 2.97. The fourth-order valence-electron chi connectivity index (χ4n) is 3.60. The zero-order valence-corrected chi connectivity index (χ0v) is 15.1. The van der Waals surface area contributed by atoms with E-state index in [9.17, 15) is 4.79 Å². The number of aromatic nitrogens is 2. The first-order chi connectivity index (χ1) is 12.0. The Balaban J connectivity index is 1.90. The Labute approximate surface area is 150 Å². The number of carbonyl (C=O) groups is 1. The molecule has 128 valence electrons. The highest BCUT2D eigenvalue weighted by atomic mass is 35.5. The van der Waals surface area contributed by atoms with Crippen LogP contribution in [0.3, 0.4) is 0 Å². The quantitative estimate of drug-likeness (QED) is 0.649. The van der Waals surface area contributed by atoms with Gasteiger partial charge in [0.1, 0.15) is 0 Å². The number of aryl methyl sites for hydroxylation is 3. The lowest BCUT2D eigenvalue weighted by Gasteiger charge is -2.32. The van der Waals surface area contributed by atoms with Gasteiger partial charge in [0.25, 0.3) is 11.6 Å². The second kappa shape index (κ2) is 5.85. The number of fused-ring (bicyclic) bond motifs is 2. The van der Waals surface area contributed by atoms with Crippen LogP contribution in [0.25, 0.3) is 11.1 Å². The van der Waals surface area contributed by atoms with Gasteiger partial charge in [0.15, 0.2) is 0 Å². The number of benzene rings is 1. The third-order valence-electron chi connectivity index (χ3n) is 4.73. The molecule has 1 amide bonds. The second-order valence-electron chi connectivity index (χ2n) is 6.51. The van der Waals surface area contributed by atoms with Crippen molar-refractivity contribution in [3.8, 4) is 0 Å². The summed E-state index contributed by atoms with van der Waals surface area (Å²) in [5, 5.41) is 5.37. The van der Waals surface area contributed by atoms with Crippen LogP contribution in [-0.2, 0) is 6.42 Å². The molecule has 0 unspecified atom stereocenters. The molecule has 2 aromatic heterocycles. The predicted octanol–water partition coefficient (Wildman–Crippen LogP) is 4.39. The molecular formula is C19H18ClN3O2. The van der Waals surface area contributed by atoms with Crippen molar-refractivity contribution in [3.63, 3.8) is 0 Å². The zero-order valence-electron chi connectivity index (χ0n) is 14.4. The molecule has 0 spiro atoms. The predicted molar refractivity (Wildman–Crippen MR) is 97.5 cm³/mol. The summed E-state index contributed by atoms with van der Waals surface area (Å²) in [4.78, 5) is 19.6. The minimum Gasteiger partial charge on any atom is -0.336 e. The van der Waals surface area contributed by atoms with E-state index in [0.717, 1.165) is 40.4 Å². The van der Waals surface area contributed by atoms with Gasteiger partial charge in [-0.3, -0.25) is 4.79 Å². The summed E-state index contributed by atoms with van der Waals surface area (Å²) in [5.41, 5.74) is 5.41. The number of hydrogen-bond donors (Lipinski definition) is 0. The van der Waals surface area contributed by atoms with E-state index >= 15 is 0 Å². The Bertz CT molecular complexity index is 1010. The number of hydrogen-bond acceptors (Lipinski definition) is 4. The molecule has 1 aromatic carbocycles. The van der Waals surface area contributed by atoms with Crippen LogP contribution in [0.1, 0.15) is 39.3 Å². The van der Waals surface area contributed by atoms with Crippen molar-refractivity contribution < 1.29 is 9.32 Å². The Morgan fingerprint density at radius 3 is 2.88 bits per heavy atom. The van der Waals surface area contributed by atoms with E-state index in [4.69, 9.17) is 16.1 Å². The van der Waals surface area contributed by atoms with Gasteiger partial charge in [-0.05, 0) is 56.9 Å².